The topological polar surface area (TPSA) is 79.1 Å². The van der Waals surface area contributed by atoms with Gasteiger partial charge in [0.25, 0.3) is 5.56 Å². The molecular weight excluding hydrogens is 589 g/mol. The number of nitrogens with zero attached hydrogens (tertiary/aromatic N) is 2. The average Bonchev–Trinajstić information content (AvgIpc) is 3.20. The number of rotatable bonds is 7. The summed E-state index contributed by atoms with van der Waals surface area (Å²) in [5.74, 6) is -0.620. The Morgan fingerprint density at radius 2 is 1.92 bits per heavy atom. The van der Waals surface area contributed by atoms with E-state index in [1.165, 1.54) is 30.9 Å². The smallest absolute Gasteiger partial charge is 0.422 e. The Morgan fingerprint density at radius 1 is 1.21 bits per heavy atom. The van der Waals surface area contributed by atoms with Gasteiger partial charge in [-0.2, -0.15) is 13.2 Å². The van der Waals surface area contributed by atoms with E-state index in [9.17, 15) is 22.8 Å². The molecule has 0 N–H and O–H groups in total. The van der Waals surface area contributed by atoms with E-state index < -0.39 is 24.8 Å². The van der Waals surface area contributed by atoms with Crippen LogP contribution in [0.25, 0.3) is 6.08 Å². The number of carbonyl (C=O) groups is 1. The number of hydrogen-bond acceptors (Lipinski definition) is 7. The van der Waals surface area contributed by atoms with Crippen molar-refractivity contribution in [1.82, 2.24) is 4.57 Å². The minimum Gasteiger partial charge on any atom is -0.493 e. The fraction of sp³-hybridized carbons (Fsp3) is 0.269. The number of halogens is 4. The Bertz CT molecular complexity index is 1580. The van der Waals surface area contributed by atoms with Crippen LogP contribution in [0.5, 0.6) is 11.5 Å². The van der Waals surface area contributed by atoms with Gasteiger partial charge in [-0.05, 0) is 51.7 Å². The van der Waals surface area contributed by atoms with Crippen molar-refractivity contribution in [1.29, 1.82) is 0 Å². The maximum atomic E-state index is 13.7. The lowest BCUT2D eigenvalue weighted by Crippen LogP contribution is -2.40. The Kier molecular flexibility index (Phi) is 8.12. The standard InChI is InChI=1S/C26H22BrF3N2O5S/c1-4-17-20(24(34)36-3)21(15-8-6-5-7-9-15)32-23(33)19(38-25(32)31-17)12-14-10-16(27)22(18(11-14)35-2)37-13-26(28,29)30/h5-12,21H,4,13H2,1-3H3/b19-12-/t21-/m0/s1. The number of aromatic nitrogens is 1. The molecule has 0 amide bonds. The zero-order valence-electron chi connectivity index (χ0n) is 20.5. The minimum absolute atomic E-state index is 0.0612. The van der Waals surface area contributed by atoms with Crippen LogP contribution < -0.4 is 24.4 Å². The summed E-state index contributed by atoms with van der Waals surface area (Å²) < 4.78 is 55.2. The van der Waals surface area contributed by atoms with Gasteiger partial charge in [-0.3, -0.25) is 9.36 Å². The molecule has 0 unspecified atom stereocenters. The molecule has 3 aromatic rings. The van der Waals surface area contributed by atoms with Crippen molar-refractivity contribution >= 4 is 39.3 Å². The molecule has 12 heteroatoms. The predicted molar refractivity (Wildman–Crippen MR) is 139 cm³/mol. The molecule has 1 aliphatic heterocycles. The van der Waals surface area contributed by atoms with Gasteiger partial charge >= 0.3 is 12.1 Å². The van der Waals surface area contributed by atoms with E-state index in [1.807, 2.05) is 37.3 Å². The first-order valence-corrected chi connectivity index (χ1v) is 12.9. The van der Waals surface area contributed by atoms with Gasteiger partial charge < -0.3 is 14.2 Å². The molecule has 0 saturated carbocycles. The van der Waals surface area contributed by atoms with Gasteiger partial charge in [0.2, 0.25) is 0 Å². The summed E-state index contributed by atoms with van der Waals surface area (Å²) in [6.45, 7) is 0.381. The molecule has 1 aromatic heterocycles. The normalized spacial score (nSPS) is 15.7. The van der Waals surface area contributed by atoms with Crippen LogP contribution >= 0.6 is 27.3 Å². The molecule has 0 saturated heterocycles. The second-order valence-corrected chi connectivity index (χ2v) is 10.0. The van der Waals surface area contributed by atoms with E-state index in [0.717, 1.165) is 16.9 Å². The lowest BCUT2D eigenvalue weighted by molar-refractivity contribution is -0.153. The number of ether oxygens (including phenoxy) is 3. The predicted octanol–water partition coefficient (Wildman–Crippen LogP) is 4.51. The quantitative estimate of drug-likeness (QED) is 0.368. The molecule has 200 valence electrons. The monoisotopic (exact) mass is 610 g/mol. The fourth-order valence-corrected chi connectivity index (χ4v) is 5.68. The summed E-state index contributed by atoms with van der Waals surface area (Å²) in [7, 11) is 2.59. The largest absolute Gasteiger partial charge is 0.493 e. The first-order valence-electron chi connectivity index (χ1n) is 11.3. The molecule has 0 fully saturated rings. The molecule has 0 spiro atoms. The third kappa shape index (κ3) is 5.56. The lowest BCUT2D eigenvalue weighted by atomic mass is 9.95. The number of thiazole rings is 1. The summed E-state index contributed by atoms with van der Waals surface area (Å²) in [6.07, 6.45) is -2.49. The minimum atomic E-state index is -4.52. The third-order valence-corrected chi connectivity index (χ3v) is 7.27. The summed E-state index contributed by atoms with van der Waals surface area (Å²) in [6, 6.07) is 11.4. The second kappa shape index (κ2) is 11.2. The van der Waals surface area contributed by atoms with Crippen LogP contribution in [0, 0.1) is 0 Å². The SMILES string of the molecule is CCC1=C(C(=O)OC)[C@H](c2ccccc2)n2c(s/c(=C\c3cc(Br)c(OCC(F)(F)F)c(OC)c3)c2=O)=N1. The van der Waals surface area contributed by atoms with Crippen molar-refractivity contribution in [3.8, 4) is 11.5 Å². The number of hydrogen-bond donors (Lipinski definition) is 0. The molecule has 1 atom stereocenters. The molecule has 1 aliphatic rings. The number of methoxy groups -OCH3 is 2. The van der Waals surface area contributed by atoms with Crippen LogP contribution in [0.1, 0.15) is 30.5 Å². The van der Waals surface area contributed by atoms with Crippen molar-refractivity contribution in [2.75, 3.05) is 20.8 Å². The molecule has 0 bridgehead atoms. The van der Waals surface area contributed by atoms with Crippen LogP contribution in [0.15, 0.2) is 68.0 Å². The van der Waals surface area contributed by atoms with Crippen molar-refractivity contribution in [3.05, 3.63) is 89.0 Å². The number of alkyl halides is 3. The Morgan fingerprint density at radius 3 is 2.53 bits per heavy atom. The van der Waals surface area contributed by atoms with Gasteiger partial charge in [0.05, 0.1) is 40.5 Å². The molecule has 4 rings (SSSR count). The lowest BCUT2D eigenvalue weighted by Gasteiger charge is -2.25. The Hall–Kier alpha value is -3.38. The van der Waals surface area contributed by atoms with Gasteiger partial charge in [0.1, 0.15) is 0 Å². The van der Waals surface area contributed by atoms with Gasteiger partial charge in [0, 0.05) is 0 Å². The van der Waals surface area contributed by atoms with E-state index in [-0.39, 0.29) is 27.1 Å². The van der Waals surface area contributed by atoms with E-state index in [0.29, 0.717) is 27.0 Å². The van der Waals surface area contributed by atoms with Crippen LogP contribution in [0.2, 0.25) is 0 Å². The van der Waals surface area contributed by atoms with E-state index in [4.69, 9.17) is 14.2 Å². The molecular formula is C26H22BrF3N2O5S. The fourth-order valence-electron chi connectivity index (χ4n) is 4.08. The number of allylic oxidation sites excluding steroid dienone is 1. The highest BCUT2D eigenvalue weighted by atomic mass is 79.9. The van der Waals surface area contributed by atoms with E-state index in [2.05, 4.69) is 20.9 Å². The maximum Gasteiger partial charge on any atom is 0.422 e. The molecule has 0 aliphatic carbocycles. The average molecular weight is 611 g/mol. The molecule has 2 heterocycles. The summed E-state index contributed by atoms with van der Waals surface area (Å²) in [4.78, 5) is 31.5. The maximum absolute atomic E-state index is 13.7. The molecule has 2 aromatic carbocycles. The van der Waals surface area contributed by atoms with E-state index >= 15 is 0 Å². The molecule has 38 heavy (non-hydrogen) atoms. The van der Waals surface area contributed by atoms with Crippen molar-refractivity contribution in [3.63, 3.8) is 0 Å². The number of carbonyl (C=O) groups excluding carboxylic acids is 1. The van der Waals surface area contributed by atoms with Gasteiger partial charge in [-0.15, -0.1) is 0 Å². The van der Waals surface area contributed by atoms with Gasteiger partial charge in [0.15, 0.2) is 22.9 Å². The van der Waals surface area contributed by atoms with Crippen molar-refractivity contribution in [2.24, 2.45) is 4.99 Å². The van der Waals surface area contributed by atoms with Crippen LogP contribution in [0.3, 0.4) is 0 Å². The first-order chi connectivity index (χ1) is 18.1. The van der Waals surface area contributed by atoms with Crippen LogP contribution in [-0.4, -0.2) is 37.5 Å². The number of esters is 1. The highest BCUT2D eigenvalue weighted by molar-refractivity contribution is 9.10. The van der Waals surface area contributed by atoms with Crippen LogP contribution in [-0.2, 0) is 9.53 Å². The zero-order valence-corrected chi connectivity index (χ0v) is 22.9. The first kappa shape index (κ1) is 27.6. The number of benzene rings is 2. The third-order valence-electron chi connectivity index (χ3n) is 5.70. The van der Waals surface area contributed by atoms with Crippen molar-refractivity contribution < 1.29 is 32.2 Å². The number of fused-ring (bicyclic) bond motifs is 1. The van der Waals surface area contributed by atoms with E-state index in [1.54, 1.807) is 6.08 Å². The summed E-state index contributed by atoms with van der Waals surface area (Å²) in [5, 5.41) is 0. The highest BCUT2D eigenvalue weighted by Crippen LogP contribution is 2.38. The van der Waals surface area contributed by atoms with Crippen LogP contribution in [0.4, 0.5) is 13.2 Å². The molecule has 7 nitrogen and oxygen atoms in total. The highest BCUT2D eigenvalue weighted by Gasteiger charge is 2.34. The Labute approximate surface area is 227 Å². The van der Waals surface area contributed by atoms with Gasteiger partial charge in [-0.25, -0.2) is 9.79 Å². The second-order valence-electron chi connectivity index (χ2n) is 8.14. The van der Waals surface area contributed by atoms with Gasteiger partial charge in [-0.1, -0.05) is 48.6 Å². The van der Waals surface area contributed by atoms with Crippen molar-refractivity contribution in [2.45, 2.75) is 25.6 Å². The summed E-state index contributed by atoms with van der Waals surface area (Å²) in [5.41, 5.74) is 1.63. The summed E-state index contributed by atoms with van der Waals surface area (Å²) >= 11 is 4.37. The molecule has 0 radical (unpaired) electrons. The zero-order chi connectivity index (χ0) is 27.6. The Balaban J connectivity index is 1.88.